The van der Waals surface area contributed by atoms with Crippen molar-refractivity contribution in [2.45, 2.75) is 25.6 Å². The molecule has 154 valence electrons. The lowest BCUT2D eigenvalue weighted by molar-refractivity contribution is -0.128. The van der Waals surface area contributed by atoms with Gasteiger partial charge in [0.15, 0.2) is 0 Å². The number of carbonyl (C=O) groups is 1. The predicted octanol–water partition coefficient (Wildman–Crippen LogP) is 3.86. The first-order chi connectivity index (χ1) is 13.1. The molecule has 1 aliphatic heterocycles. The summed E-state index contributed by atoms with van der Waals surface area (Å²) in [6.45, 7) is -0.0304. The molecule has 10 heteroatoms. The van der Waals surface area contributed by atoms with E-state index in [1.165, 1.54) is 0 Å². The van der Waals surface area contributed by atoms with E-state index < -0.39 is 35.1 Å². The summed E-state index contributed by atoms with van der Waals surface area (Å²) in [5.41, 5.74) is 3.15. The van der Waals surface area contributed by atoms with Gasteiger partial charge in [-0.2, -0.15) is 24.9 Å². The third-order valence-corrected chi connectivity index (χ3v) is 5.50. The lowest BCUT2D eigenvalue weighted by Gasteiger charge is -2.24. The smallest absolute Gasteiger partial charge is 0.394 e. The Labute approximate surface area is 163 Å². The number of nitrogens with two attached hydrogens (primary N) is 1. The Balaban J connectivity index is 2.19. The lowest BCUT2D eigenvalue weighted by Crippen LogP contribution is -2.36. The first-order valence-electron chi connectivity index (χ1n) is 8.51. The van der Waals surface area contributed by atoms with Crippen LogP contribution >= 0.6 is 11.8 Å². The number of alkyl halides is 3. The highest BCUT2D eigenvalue weighted by Gasteiger charge is 2.33. The van der Waals surface area contributed by atoms with Crippen molar-refractivity contribution in [3.63, 3.8) is 0 Å². The maximum atomic E-state index is 13.4. The van der Waals surface area contributed by atoms with Crippen LogP contribution in [0.1, 0.15) is 18.4 Å². The summed E-state index contributed by atoms with van der Waals surface area (Å²) in [5.74, 6) is -0.291. The average Bonchev–Trinajstić information content (AvgIpc) is 3.09. The van der Waals surface area contributed by atoms with Crippen LogP contribution in [0.5, 0.6) is 0 Å². The number of benzene rings is 1. The van der Waals surface area contributed by atoms with Crippen LogP contribution < -0.4 is 5.73 Å². The first-order valence-corrected chi connectivity index (χ1v) is 9.66. The Morgan fingerprint density at radius 1 is 1.29 bits per heavy atom. The van der Waals surface area contributed by atoms with Crippen molar-refractivity contribution in [1.82, 2.24) is 4.90 Å². The minimum absolute atomic E-state index is 0.158. The van der Waals surface area contributed by atoms with Crippen molar-refractivity contribution in [1.29, 1.82) is 5.41 Å². The molecule has 1 heterocycles. The zero-order valence-corrected chi connectivity index (χ0v) is 15.7. The number of allylic oxidation sites excluding steroid dienone is 1. The molecule has 28 heavy (non-hydrogen) atoms. The number of rotatable bonds is 7. The molecule has 4 nitrogen and oxygen atoms in total. The number of carbonyl (C=O) groups excluding carboxylic acids is 1. The van der Waals surface area contributed by atoms with Crippen molar-refractivity contribution >= 4 is 23.4 Å². The predicted molar refractivity (Wildman–Crippen MR) is 97.9 cm³/mol. The summed E-state index contributed by atoms with van der Waals surface area (Å²) in [7, 11) is 0. The Morgan fingerprint density at radius 3 is 2.46 bits per heavy atom. The Hall–Kier alpha value is -2.10. The highest BCUT2D eigenvalue weighted by molar-refractivity contribution is 7.99. The molecular formula is C18H20F5N3OS. The van der Waals surface area contributed by atoms with Gasteiger partial charge < -0.3 is 10.6 Å². The molecule has 1 fully saturated rings. The van der Waals surface area contributed by atoms with Crippen LogP contribution in [-0.4, -0.2) is 40.7 Å². The van der Waals surface area contributed by atoms with Gasteiger partial charge in [0.2, 0.25) is 0 Å². The molecule has 1 atom stereocenters. The minimum Gasteiger partial charge on any atom is -0.394 e. The van der Waals surface area contributed by atoms with Crippen LogP contribution in [0.25, 0.3) is 0 Å². The molecule has 0 saturated carbocycles. The third-order valence-electron chi connectivity index (χ3n) is 4.27. The monoisotopic (exact) mass is 421 g/mol. The van der Waals surface area contributed by atoms with E-state index in [0.29, 0.717) is 18.4 Å². The van der Waals surface area contributed by atoms with Crippen molar-refractivity contribution in [3.05, 3.63) is 47.2 Å². The molecule has 3 N–H and O–H groups in total. The number of hydrogen-bond acceptors (Lipinski definition) is 4. The van der Waals surface area contributed by atoms with Crippen LogP contribution in [0.4, 0.5) is 22.0 Å². The Bertz CT molecular complexity index is 740. The van der Waals surface area contributed by atoms with E-state index in [1.807, 2.05) is 0 Å². The number of hydrogen-bond donors (Lipinski definition) is 2. The molecule has 1 amide bonds. The highest BCUT2D eigenvalue weighted by atomic mass is 32.2. The third kappa shape index (κ3) is 6.50. The topological polar surface area (TPSA) is 70.2 Å². The fraction of sp³-hybridized carbons (Fsp3) is 0.444. The van der Waals surface area contributed by atoms with Crippen molar-refractivity contribution in [3.8, 4) is 0 Å². The van der Waals surface area contributed by atoms with E-state index in [-0.39, 0.29) is 24.7 Å². The standard InChI is InChI=1S/C18H20F5N3OS/c19-13-5-12(6-14(20)7-13)9-26(3-1-11-2-4-28-10-11)17(27)15(24)8-16(25)18(21,22)23/h5-8,11,25H,1-4,9-10,24H2/b15-8-,25-16?. The Morgan fingerprint density at radius 2 is 1.93 bits per heavy atom. The molecule has 0 radical (unpaired) electrons. The van der Waals surface area contributed by atoms with Crippen molar-refractivity contribution < 1.29 is 26.7 Å². The average molecular weight is 421 g/mol. The maximum Gasteiger partial charge on any atom is 0.432 e. The molecule has 1 aliphatic rings. The highest BCUT2D eigenvalue weighted by Crippen LogP contribution is 2.26. The van der Waals surface area contributed by atoms with Gasteiger partial charge in [0.05, 0.1) is 5.70 Å². The van der Waals surface area contributed by atoms with Gasteiger partial charge in [-0.25, -0.2) is 8.78 Å². The van der Waals surface area contributed by atoms with Crippen LogP contribution in [0.15, 0.2) is 30.0 Å². The largest absolute Gasteiger partial charge is 0.432 e. The maximum absolute atomic E-state index is 13.4. The summed E-state index contributed by atoms with van der Waals surface area (Å²) in [6, 6.07) is 2.78. The van der Waals surface area contributed by atoms with E-state index in [0.717, 1.165) is 35.0 Å². The summed E-state index contributed by atoms with van der Waals surface area (Å²) in [6.07, 6.45) is -3.11. The summed E-state index contributed by atoms with van der Waals surface area (Å²) in [5, 5.41) is 6.97. The van der Waals surface area contributed by atoms with E-state index in [9.17, 15) is 26.7 Å². The molecule has 1 aromatic carbocycles. The number of amides is 1. The zero-order chi connectivity index (χ0) is 20.9. The second-order valence-corrected chi connectivity index (χ2v) is 7.68. The summed E-state index contributed by atoms with van der Waals surface area (Å²) >= 11 is 1.78. The van der Waals surface area contributed by atoms with Gasteiger partial charge in [-0.3, -0.25) is 10.2 Å². The van der Waals surface area contributed by atoms with Crippen LogP contribution in [0, 0.1) is 23.0 Å². The van der Waals surface area contributed by atoms with Gasteiger partial charge in [-0.1, -0.05) is 0 Å². The van der Waals surface area contributed by atoms with Gasteiger partial charge in [0, 0.05) is 19.2 Å². The summed E-state index contributed by atoms with van der Waals surface area (Å²) < 4.78 is 64.5. The van der Waals surface area contributed by atoms with Gasteiger partial charge >= 0.3 is 6.18 Å². The number of nitrogens with zero attached hydrogens (tertiary/aromatic N) is 1. The van der Waals surface area contributed by atoms with E-state index >= 15 is 0 Å². The second-order valence-electron chi connectivity index (χ2n) is 6.53. The number of thioether (sulfide) groups is 1. The van der Waals surface area contributed by atoms with Crippen LogP contribution in [-0.2, 0) is 11.3 Å². The fourth-order valence-electron chi connectivity index (χ4n) is 2.81. The normalized spacial score (nSPS) is 17.6. The second kappa shape index (κ2) is 9.40. The van der Waals surface area contributed by atoms with E-state index in [2.05, 4.69) is 0 Å². The number of nitrogens with one attached hydrogen (secondary N) is 1. The van der Waals surface area contributed by atoms with Crippen molar-refractivity contribution in [2.24, 2.45) is 11.7 Å². The molecule has 1 aromatic rings. The first kappa shape index (κ1) is 22.2. The van der Waals surface area contributed by atoms with Gasteiger partial charge in [-0.05, 0) is 54.0 Å². The molecule has 0 bridgehead atoms. The molecule has 0 spiro atoms. The number of halogens is 5. The van der Waals surface area contributed by atoms with E-state index in [4.69, 9.17) is 11.1 Å². The van der Waals surface area contributed by atoms with Crippen LogP contribution in [0.3, 0.4) is 0 Å². The molecule has 0 aromatic heterocycles. The van der Waals surface area contributed by atoms with Gasteiger partial charge in [0.1, 0.15) is 17.3 Å². The fourth-order valence-corrected chi connectivity index (χ4v) is 4.14. The van der Waals surface area contributed by atoms with Gasteiger partial charge in [0.25, 0.3) is 5.91 Å². The summed E-state index contributed by atoms with van der Waals surface area (Å²) in [4.78, 5) is 13.7. The van der Waals surface area contributed by atoms with Gasteiger partial charge in [-0.15, -0.1) is 0 Å². The molecule has 1 saturated heterocycles. The SMILES string of the molecule is N=C(/C=C(\N)C(=O)N(CCC1CCSC1)Cc1cc(F)cc(F)c1)C(F)(F)F. The lowest BCUT2D eigenvalue weighted by atomic mass is 10.0. The molecule has 2 rings (SSSR count). The quantitative estimate of drug-likeness (QED) is 0.399. The molecular weight excluding hydrogens is 401 g/mol. The molecule has 0 aliphatic carbocycles. The minimum atomic E-state index is -4.93. The molecule has 1 unspecified atom stereocenters. The zero-order valence-electron chi connectivity index (χ0n) is 14.9. The van der Waals surface area contributed by atoms with Crippen molar-refractivity contribution in [2.75, 3.05) is 18.1 Å². The van der Waals surface area contributed by atoms with Crippen LogP contribution in [0.2, 0.25) is 0 Å². The van der Waals surface area contributed by atoms with E-state index in [1.54, 1.807) is 11.8 Å². The Kier molecular flexibility index (Phi) is 7.45.